The van der Waals surface area contributed by atoms with Gasteiger partial charge in [0.05, 0.1) is 24.5 Å². The standard InChI is InChI=1S/C14H13F2NO3S/c1-20-14(19)9-2-3-10(13(16)12(9)15)17-6-11(18)8-4-5-21-7-8/h2-5,7,11,17-18H,6H2,1H3. The molecule has 2 rings (SSSR count). The van der Waals surface area contributed by atoms with E-state index in [2.05, 4.69) is 10.1 Å². The summed E-state index contributed by atoms with van der Waals surface area (Å²) in [6.45, 7) is 0.0185. The molecule has 2 N–H and O–H groups in total. The van der Waals surface area contributed by atoms with E-state index in [0.29, 0.717) is 5.56 Å². The summed E-state index contributed by atoms with van der Waals surface area (Å²) in [4.78, 5) is 11.2. The van der Waals surface area contributed by atoms with Gasteiger partial charge in [0, 0.05) is 6.54 Å². The van der Waals surface area contributed by atoms with Crippen LogP contribution in [0.4, 0.5) is 14.5 Å². The number of aliphatic hydroxyl groups is 1. The maximum Gasteiger partial charge on any atom is 0.340 e. The summed E-state index contributed by atoms with van der Waals surface area (Å²) in [6, 6.07) is 4.10. The van der Waals surface area contributed by atoms with Gasteiger partial charge < -0.3 is 15.2 Å². The van der Waals surface area contributed by atoms with Crippen molar-refractivity contribution in [1.29, 1.82) is 0 Å². The fourth-order valence-corrected chi connectivity index (χ4v) is 2.45. The molecule has 1 unspecified atom stereocenters. The Bertz CT molecular complexity index is 631. The molecular weight excluding hydrogens is 300 g/mol. The first-order chi connectivity index (χ1) is 10.0. The van der Waals surface area contributed by atoms with Crippen LogP contribution in [0.3, 0.4) is 0 Å². The van der Waals surface area contributed by atoms with E-state index in [1.807, 2.05) is 5.38 Å². The van der Waals surface area contributed by atoms with Crippen LogP contribution in [-0.4, -0.2) is 24.7 Å². The first-order valence-corrected chi connectivity index (χ1v) is 6.99. The van der Waals surface area contributed by atoms with Crippen LogP contribution in [0.1, 0.15) is 22.0 Å². The van der Waals surface area contributed by atoms with Crippen molar-refractivity contribution < 1.29 is 23.4 Å². The number of aliphatic hydroxyl groups excluding tert-OH is 1. The minimum atomic E-state index is -1.28. The first kappa shape index (κ1) is 15.4. The number of thiophene rings is 1. The minimum absolute atomic E-state index is 0.0185. The number of anilines is 1. The third-order valence-electron chi connectivity index (χ3n) is 2.90. The molecule has 0 bridgehead atoms. The number of carbonyl (C=O) groups is 1. The molecule has 0 saturated heterocycles. The zero-order chi connectivity index (χ0) is 15.4. The summed E-state index contributed by atoms with van der Waals surface area (Å²) < 4.78 is 31.9. The lowest BCUT2D eigenvalue weighted by Crippen LogP contribution is -2.14. The Hall–Kier alpha value is -1.99. The van der Waals surface area contributed by atoms with Crippen molar-refractivity contribution in [2.24, 2.45) is 0 Å². The summed E-state index contributed by atoms with van der Waals surface area (Å²) in [5, 5.41) is 16.1. The molecule has 7 heteroatoms. The van der Waals surface area contributed by atoms with Crippen LogP contribution in [0.25, 0.3) is 0 Å². The predicted molar refractivity (Wildman–Crippen MR) is 75.5 cm³/mol. The number of benzene rings is 1. The summed E-state index contributed by atoms with van der Waals surface area (Å²) in [7, 11) is 1.09. The Kier molecular flexibility index (Phi) is 4.87. The molecule has 0 aliphatic heterocycles. The number of halogens is 2. The van der Waals surface area contributed by atoms with Crippen LogP contribution in [0.5, 0.6) is 0 Å². The Balaban J connectivity index is 2.11. The fourth-order valence-electron chi connectivity index (χ4n) is 1.74. The number of ether oxygens (including phenoxy) is 1. The normalized spacial score (nSPS) is 12.0. The number of carbonyl (C=O) groups excluding carboxylic acids is 1. The summed E-state index contributed by atoms with van der Waals surface area (Å²) in [5.74, 6) is -3.41. The molecular formula is C14H13F2NO3S. The highest BCUT2D eigenvalue weighted by atomic mass is 32.1. The highest BCUT2D eigenvalue weighted by Gasteiger charge is 2.19. The van der Waals surface area contributed by atoms with E-state index in [-0.39, 0.29) is 12.2 Å². The molecule has 2 aromatic rings. The number of hydrogen-bond acceptors (Lipinski definition) is 5. The van der Waals surface area contributed by atoms with Crippen LogP contribution in [0.15, 0.2) is 29.0 Å². The molecule has 1 heterocycles. The zero-order valence-electron chi connectivity index (χ0n) is 11.1. The van der Waals surface area contributed by atoms with Gasteiger partial charge in [-0.3, -0.25) is 0 Å². The average Bonchev–Trinajstić information content (AvgIpc) is 3.02. The number of methoxy groups -OCH3 is 1. The van der Waals surface area contributed by atoms with Gasteiger partial charge in [-0.05, 0) is 34.5 Å². The zero-order valence-corrected chi connectivity index (χ0v) is 11.9. The van der Waals surface area contributed by atoms with Gasteiger partial charge in [0.15, 0.2) is 11.6 Å². The predicted octanol–water partition coefficient (Wildman–Crippen LogP) is 2.96. The third-order valence-corrected chi connectivity index (χ3v) is 3.60. The van der Waals surface area contributed by atoms with Crippen LogP contribution in [0.2, 0.25) is 0 Å². The smallest absolute Gasteiger partial charge is 0.340 e. The molecule has 4 nitrogen and oxygen atoms in total. The van der Waals surface area contributed by atoms with Crippen molar-refractivity contribution >= 4 is 23.0 Å². The van der Waals surface area contributed by atoms with E-state index in [4.69, 9.17) is 0 Å². The van der Waals surface area contributed by atoms with E-state index < -0.39 is 29.3 Å². The second-order valence-electron chi connectivity index (χ2n) is 4.23. The highest BCUT2D eigenvalue weighted by molar-refractivity contribution is 7.07. The van der Waals surface area contributed by atoms with Gasteiger partial charge >= 0.3 is 5.97 Å². The number of rotatable bonds is 5. The van der Waals surface area contributed by atoms with Gasteiger partial charge in [0.25, 0.3) is 0 Å². The molecule has 1 atom stereocenters. The average molecular weight is 313 g/mol. The van der Waals surface area contributed by atoms with Gasteiger partial charge in [-0.15, -0.1) is 0 Å². The maximum atomic E-state index is 13.8. The number of nitrogens with one attached hydrogen (secondary N) is 1. The lowest BCUT2D eigenvalue weighted by molar-refractivity contribution is 0.0594. The van der Waals surface area contributed by atoms with Gasteiger partial charge in [-0.25, -0.2) is 13.6 Å². The molecule has 0 fully saturated rings. The summed E-state index contributed by atoms with van der Waals surface area (Å²) in [5.41, 5.74) is 0.0907. The molecule has 1 aromatic carbocycles. The van der Waals surface area contributed by atoms with Gasteiger partial charge in [0.1, 0.15) is 0 Å². The van der Waals surface area contributed by atoms with Crippen LogP contribution >= 0.6 is 11.3 Å². The monoisotopic (exact) mass is 313 g/mol. The number of esters is 1. The van der Waals surface area contributed by atoms with Crippen molar-refractivity contribution in [1.82, 2.24) is 0 Å². The molecule has 21 heavy (non-hydrogen) atoms. The van der Waals surface area contributed by atoms with E-state index in [0.717, 1.165) is 13.2 Å². The Morgan fingerprint density at radius 2 is 2.14 bits per heavy atom. The van der Waals surface area contributed by atoms with Crippen LogP contribution in [0, 0.1) is 11.6 Å². The fraction of sp³-hybridized carbons (Fsp3) is 0.214. The topological polar surface area (TPSA) is 58.6 Å². The van der Waals surface area contributed by atoms with E-state index in [1.54, 1.807) is 11.4 Å². The van der Waals surface area contributed by atoms with Gasteiger partial charge in [-0.1, -0.05) is 0 Å². The summed E-state index contributed by atoms with van der Waals surface area (Å²) in [6.07, 6.45) is -0.834. The second-order valence-corrected chi connectivity index (χ2v) is 5.01. The molecule has 0 radical (unpaired) electrons. The number of hydrogen-bond donors (Lipinski definition) is 2. The Morgan fingerprint density at radius 3 is 2.76 bits per heavy atom. The van der Waals surface area contributed by atoms with Crippen LogP contribution < -0.4 is 5.32 Å². The van der Waals surface area contributed by atoms with Crippen molar-refractivity contribution in [3.05, 3.63) is 51.7 Å². The Labute approximate surface area is 124 Å². The Morgan fingerprint density at radius 1 is 1.38 bits per heavy atom. The molecule has 0 aliphatic carbocycles. The molecule has 0 amide bonds. The molecule has 1 aromatic heterocycles. The quantitative estimate of drug-likeness (QED) is 0.833. The second kappa shape index (κ2) is 6.64. The van der Waals surface area contributed by atoms with Crippen molar-refractivity contribution in [2.45, 2.75) is 6.10 Å². The lowest BCUT2D eigenvalue weighted by Gasteiger charge is -2.13. The molecule has 112 valence electrons. The minimum Gasteiger partial charge on any atom is -0.465 e. The highest BCUT2D eigenvalue weighted by Crippen LogP contribution is 2.23. The molecule has 0 aliphatic rings. The third kappa shape index (κ3) is 3.37. The molecule has 0 saturated carbocycles. The largest absolute Gasteiger partial charge is 0.465 e. The maximum absolute atomic E-state index is 13.8. The van der Waals surface area contributed by atoms with Gasteiger partial charge in [-0.2, -0.15) is 11.3 Å². The van der Waals surface area contributed by atoms with E-state index in [9.17, 15) is 18.7 Å². The SMILES string of the molecule is COC(=O)c1ccc(NCC(O)c2ccsc2)c(F)c1F. The summed E-state index contributed by atoms with van der Waals surface area (Å²) >= 11 is 1.43. The van der Waals surface area contributed by atoms with Crippen molar-refractivity contribution in [3.8, 4) is 0 Å². The van der Waals surface area contributed by atoms with Crippen molar-refractivity contribution in [2.75, 3.05) is 19.0 Å². The van der Waals surface area contributed by atoms with E-state index in [1.165, 1.54) is 17.4 Å². The van der Waals surface area contributed by atoms with E-state index >= 15 is 0 Å². The van der Waals surface area contributed by atoms with Crippen molar-refractivity contribution in [3.63, 3.8) is 0 Å². The van der Waals surface area contributed by atoms with Gasteiger partial charge in [0.2, 0.25) is 0 Å². The van der Waals surface area contributed by atoms with Crippen LogP contribution in [-0.2, 0) is 4.74 Å². The lowest BCUT2D eigenvalue weighted by atomic mass is 10.1. The molecule has 0 spiro atoms. The first-order valence-electron chi connectivity index (χ1n) is 6.05.